The third-order valence-corrected chi connectivity index (χ3v) is 6.96. The maximum absolute atomic E-state index is 13.3. The number of para-hydroxylation sites is 1. The minimum absolute atomic E-state index is 0.0855. The molecule has 4 unspecified atom stereocenters. The minimum atomic E-state index is -1.09. The molecule has 1 aliphatic heterocycles. The topological polar surface area (TPSA) is 99.1 Å². The van der Waals surface area contributed by atoms with Crippen LogP contribution in [-0.2, 0) is 16.1 Å². The van der Waals surface area contributed by atoms with Crippen LogP contribution in [0.15, 0.2) is 54.1 Å². The van der Waals surface area contributed by atoms with Gasteiger partial charge in [-0.05, 0) is 36.3 Å². The summed E-state index contributed by atoms with van der Waals surface area (Å²) < 4.78 is 6.12. The molecule has 0 bridgehead atoms. The van der Waals surface area contributed by atoms with Crippen LogP contribution in [0.4, 0.5) is 0 Å². The van der Waals surface area contributed by atoms with Crippen LogP contribution in [-0.4, -0.2) is 58.3 Å². The van der Waals surface area contributed by atoms with Crippen LogP contribution in [0.25, 0.3) is 0 Å². The van der Waals surface area contributed by atoms with E-state index in [0.717, 1.165) is 5.56 Å². The van der Waals surface area contributed by atoms with Gasteiger partial charge in [0.25, 0.3) is 0 Å². The predicted octanol–water partition coefficient (Wildman–Crippen LogP) is 3.44. The Hall–Kier alpha value is -2.58. The van der Waals surface area contributed by atoms with E-state index in [4.69, 9.17) is 27.9 Å². The molecule has 7 nitrogen and oxygen atoms in total. The summed E-state index contributed by atoms with van der Waals surface area (Å²) in [6.45, 7) is 1.91. The van der Waals surface area contributed by atoms with Gasteiger partial charge in [0.05, 0.1) is 18.6 Å². The molecule has 4 atom stereocenters. The highest BCUT2D eigenvalue weighted by molar-refractivity contribution is 6.35. The van der Waals surface area contributed by atoms with E-state index >= 15 is 0 Å². The van der Waals surface area contributed by atoms with Crippen LogP contribution in [0.1, 0.15) is 36.8 Å². The number of ether oxygens (including phenoxy) is 1. The Bertz CT molecular complexity index is 1140. The van der Waals surface area contributed by atoms with E-state index in [1.54, 1.807) is 35.2 Å². The van der Waals surface area contributed by atoms with Gasteiger partial charge >= 0.3 is 0 Å². The number of amides is 2. The zero-order valence-corrected chi connectivity index (χ0v) is 20.8. The minimum Gasteiger partial charge on any atom is -0.486 e. The molecule has 2 aromatic rings. The molecule has 35 heavy (non-hydrogen) atoms. The molecular weight excluding hydrogens is 491 g/mol. The van der Waals surface area contributed by atoms with Crippen molar-refractivity contribution in [3.05, 3.63) is 75.3 Å². The van der Waals surface area contributed by atoms with Crippen molar-refractivity contribution in [2.75, 3.05) is 13.2 Å². The highest BCUT2D eigenvalue weighted by atomic mass is 35.5. The fourth-order valence-corrected chi connectivity index (χ4v) is 5.21. The van der Waals surface area contributed by atoms with Crippen LogP contribution in [0.2, 0.25) is 10.0 Å². The normalized spacial score (nSPS) is 22.5. The molecular formula is C26H28Cl2N2O5. The number of nitrogens with one attached hydrogen (secondary N) is 1. The lowest BCUT2D eigenvalue weighted by Crippen LogP contribution is -2.55. The molecule has 0 aromatic heterocycles. The van der Waals surface area contributed by atoms with Crippen LogP contribution in [0.3, 0.4) is 0 Å². The molecule has 0 saturated heterocycles. The zero-order valence-electron chi connectivity index (χ0n) is 19.3. The van der Waals surface area contributed by atoms with Crippen molar-refractivity contribution in [3.8, 4) is 5.75 Å². The van der Waals surface area contributed by atoms with Crippen molar-refractivity contribution in [3.63, 3.8) is 0 Å². The Kier molecular flexibility index (Phi) is 8.02. The van der Waals surface area contributed by atoms with E-state index in [0.29, 0.717) is 33.4 Å². The number of aliphatic hydroxyl groups excluding tert-OH is 2. The number of nitrogens with zero attached hydrogens (tertiary/aromatic N) is 1. The summed E-state index contributed by atoms with van der Waals surface area (Å²) in [5, 5.41) is 24.3. The fraction of sp³-hybridized carbons (Fsp3) is 0.385. The van der Waals surface area contributed by atoms with E-state index in [1.165, 1.54) is 0 Å². The smallest absolute Gasteiger partial charge is 0.247 e. The van der Waals surface area contributed by atoms with Crippen molar-refractivity contribution in [1.82, 2.24) is 10.2 Å². The lowest BCUT2D eigenvalue weighted by atomic mass is 9.77. The van der Waals surface area contributed by atoms with E-state index in [-0.39, 0.29) is 37.9 Å². The largest absolute Gasteiger partial charge is 0.486 e. The van der Waals surface area contributed by atoms with Gasteiger partial charge in [0.15, 0.2) is 0 Å². The van der Waals surface area contributed by atoms with Crippen LogP contribution >= 0.6 is 23.2 Å². The molecule has 2 aromatic carbocycles. The Morgan fingerprint density at radius 3 is 2.66 bits per heavy atom. The second kappa shape index (κ2) is 11.0. The molecule has 0 spiro atoms. The van der Waals surface area contributed by atoms with Crippen molar-refractivity contribution in [2.45, 2.75) is 50.5 Å². The van der Waals surface area contributed by atoms with Crippen LogP contribution in [0.5, 0.6) is 5.75 Å². The van der Waals surface area contributed by atoms with Gasteiger partial charge in [-0.15, -0.1) is 0 Å². The van der Waals surface area contributed by atoms with E-state index < -0.39 is 24.2 Å². The summed E-state index contributed by atoms with van der Waals surface area (Å²) in [5.74, 6) is -0.463. The lowest BCUT2D eigenvalue weighted by molar-refractivity contribution is -0.138. The van der Waals surface area contributed by atoms with Crippen molar-refractivity contribution in [1.29, 1.82) is 0 Å². The average Bonchev–Trinajstić information content (AvgIpc) is 3.23. The first-order valence-corrected chi connectivity index (χ1v) is 12.4. The number of halogens is 2. The third-order valence-electron chi connectivity index (χ3n) is 6.38. The van der Waals surface area contributed by atoms with Gasteiger partial charge in [-0.25, -0.2) is 0 Å². The molecule has 0 fully saturated rings. The molecule has 2 amide bonds. The summed E-state index contributed by atoms with van der Waals surface area (Å²) in [7, 11) is 0. The van der Waals surface area contributed by atoms with Crippen molar-refractivity contribution in [2.24, 2.45) is 0 Å². The van der Waals surface area contributed by atoms with Gasteiger partial charge in [0.2, 0.25) is 11.8 Å². The number of fused-ring (bicyclic) bond motifs is 3. The Morgan fingerprint density at radius 2 is 1.94 bits per heavy atom. The van der Waals surface area contributed by atoms with E-state index in [1.807, 2.05) is 25.1 Å². The Balaban J connectivity index is 1.76. The van der Waals surface area contributed by atoms with Crippen molar-refractivity contribution < 1.29 is 24.5 Å². The number of carbonyl (C=O) groups is 2. The monoisotopic (exact) mass is 518 g/mol. The molecule has 9 heteroatoms. The first-order chi connectivity index (χ1) is 16.8. The van der Waals surface area contributed by atoms with Crippen LogP contribution in [0, 0.1) is 0 Å². The number of benzene rings is 2. The molecule has 186 valence electrons. The summed E-state index contributed by atoms with van der Waals surface area (Å²) >= 11 is 12.4. The fourth-order valence-electron chi connectivity index (χ4n) is 4.74. The Labute approximate surface area is 214 Å². The number of aliphatic hydroxyl groups is 2. The molecule has 1 aliphatic carbocycles. The first-order valence-electron chi connectivity index (χ1n) is 11.6. The van der Waals surface area contributed by atoms with Gasteiger partial charge in [-0.2, -0.15) is 0 Å². The molecule has 1 heterocycles. The van der Waals surface area contributed by atoms with Gasteiger partial charge in [0, 0.05) is 40.7 Å². The number of hydrogen-bond donors (Lipinski definition) is 3. The summed E-state index contributed by atoms with van der Waals surface area (Å²) in [6, 6.07) is 11.6. The van der Waals surface area contributed by atoms with E-state index in [9.17, 15) is 19.8 Å². The second-order valence-corrected chi connectivity index (χ2v) is 9.53. The van der Waals surface area contributed by atoms with Gasteiger partial charge in [0.1, 0.15) is 18.0 Å². The maximum Gasteiger partial charge on any atom is 0.247 e. The van der Waals surface area contributed by atoms with Crippen LogP contribution < -0.4 is 10.1 Å². The summed E-state index contributed by atoms with van der Waals surface area (Å²) in [6.07, 6.45) is 0.697. The maximum atomic E-state index is 13.3. The predicted molar refractivity (Wildman–Crippen MR) is 133 cm³/mol. The zero-order chi connectivity index (χ0) is 25.1. The lowest BCUT2D eigenvalue weighted by Gasteiger charge is -2.41. The molecule has 0 saturated carbocycles. The molecule has 3 N–H and O–H groups in total. The first kappa shape index (κ1) is 25.5. The summed E-state index contributed by atoms with van der Waals surface area (Å²) in [5.41, 5.74) is 1.86. The van der Waals surface area contributed by atoms with Gasteiger partial charge in [-0.1, -0.05) is 54.4 Å². The number of rotatable bonds is 8. The SMILES string of the molecule is CCCC(=O)N(Cc1ccc(Cl)cc1Cl)C1C=C(C(=O)NCCO)C2c3ccccc3OC2C1O. The van der Waals surface area contributed by atoms with E-state index in [2.05, 4.69) is 5.32 Å². The third kappa shape index (κ3) is 5.19. The standard InChI is InChI=1S/C26H28Cl2N2O5/c1-2-5-22(32)30(14-15-8-9-16(27)12-19(15)28)20-13-18(26(34)29-10-11-31)23-17-6-3-4-7-21(17)35-25(23)24(20)33/h3-4,6-9,12-13,20,23-25,31,33H,2,5,10-11,14H2,1H3,(H,29,34). The number of carbonyl (C=O) groups excluding carboxylic acids is 2. The Morgan fingerprint density at radius 1 is 1.17 bits per heavy atom. The molecule has 4 rings (SSSR count). The average molecular weight is 519 g/mol. The highest BCUT2D eigenvalue weighted by Crippen LogP contribution is 2.47. The van der Waals surface area contributed by atoms with Gasteiger partial charge in [-0.3, -0.25) is 9.59 Å². The molecule has 0 radical (unpaired) electrons. The summed E-state index contributed by atoms with van der Waals surface area (Å²) in [4.78, 5) is 28.0. The highest BCUT2D eigenvalue weighted by Gasteiger charge is 2.50. The second-order valence-electron chi connectivity index (χ2n) is 8.69. The number of hydrogen-bond acceptors (Lipinski definition) is 5. The van der Waals surface area contributed by atoms with Crippen molar-refractivity contribution >= 4 is 35.0 Å². The van der Waals surface area contributed by atoms with Gasteiger partial charge < -0.3 is 25.2 Å². The quantitative estimate of drug-likeness (QED) is 0.497. The molecule has 2 aliphatic rings.